The molecular formula is C15H19F4N3O. The number of hydrogen-bond donors (Lipinski definition) is 1. The Kier molecular flexibility index (Phi) is 5.81. The third-order valence-electron chi connectivity index (χ3n) is 3.76. The number of halogens is 4. The second-order valence-corrected chi connectivity index (χ2v) is 5.46. The van der Waals surface area contributed by atoms with Crippen LogP contribution in [0, 0.1) is 29.2 Å². The van der Waals surface area contributed by atoms with E-state index in [1.165, 1.54) is 7.05 Å². The molecule has 0 aromatic heterocycles. The van der Waals surface area contributed by atoms with Crippen molar-refractivity contribution in [3.63, 3.8) is 0 Å². The van der Waals surface area contributed by atoms with E-state index in [4.69, 9.17) is 4.74 Å². The van der Waals surface area contributed by atoms with Gasteiger partial charge in [0.05, 0.1) is 6.61 Å². The van der Waals surface area contributed by atoms with E-state index in [0.29, 0.717) is 31.6 Å². The first-order valence-corrected chi connectivity index (χ1v) is 7.25. The van der Waals surface area contributed by atoms with Crippen molar-refractivity contribution in [3.8, 4) is 0 Å². The van der Waals surface area contributed by atoms with E-state index in [-0.39, 0.29) is 6.07 Å². The highest BCUT2D eigenvalue weighted by Gasteiger charge is 2.21. The van der Waals surface area contributed by atoms with Crippen molar-refractivity contribution in [1.82, 2.24) is 10.2 Å². The summed E-state index contributed by atoms with van der Waals surface area (Å²) in [4.78, 5) is 5.79. The van der Waals surface area contributed by atoms with E-state index in [9.17, 15) is 17.6 Å². The van der Waals surface area contributed by atoms with Crippen LogP contribution in [0.4, 0.5) is 17.6 Å². The van der Waals surface area contributed by atoms with Crippen molar-refractivity contribution in [2.45, 2.75) is 13.0 Å². The minimum Gasteiger partial charge on any atom is -0.381 e. The highest BCUT2D eigenvalue weighted by Crippen LogP contribution is 2.19. The molecule has 0 bridgehead atoms. The monoisotopic (exact) mass is 333 g/mol. The Morgan fingerprint density at radius 2 is 1.96 bits per heavy atom. The van der Waals surface area contributed by atoms with Gasteiger partial charge < -0.3 is 15.0 Å². The fourth-order valence-corrected chi connectivity index (χ4v) is 2.53. The molecule has 1 fully saturated rings. The highest BCUT2D eigenvalue weighted by atomic mass is 19.2. The first-order chi connectivity index (χ1) is 10.9. The molecule has 1 unspecified atom stereocenters. The first kappa shape index (κ1) is 17.5. The lowest BCUT2D eigenvalue weighted by atomic mass is 10.1. The Balaban J connectivity index is 2.03. The average Bonchev–Trinajstić information content (AvgIpc) is 3.01. The maximum atomic E-state index is 13.6. The second kappa shape index (κ2) is 7.63. The van der Waals surface area contributed by atoms with Crippen molar-refractivity contribution in [3.05, 3.63) is 34.9 Å². The first-order valence-electron chi connectivity index (χ1n) is 7.25. The summed E-state index contributed by atoms with van der Waals surface area (Å²) >= 11 is 0. The van der Waals surface area contributed by atoms with Crippen LogP contribution in [0.3, 0.4) is 0 Å². The molecule has 2 rings (SSSR count). The molecule has 0 spiro atoms. The number of benzene rings is 1. The summed E-state index contributed by atoms with van der Waals surface area (Å²) < 4.78 is 58.9. The minimum atomic E-state index is -1.42. The number of rotatable bonds is 4. The molecular weight excluding hydrogens is 314 g/mol. The number of hydrogen-bond acceptors (Lipinski definition) is 2. The summed E-state index contributed by atoms with van der Waals surface area (Å²) in [6.07, 6.45) is 0.930. The lowest BCUT2D eigenvalue weighted by Crippen LogP contribution is -2.41. The molecule has 1 atom stereocenters. The van der Waals surface area contributed by atoms with Gasteiger partial charge in [0, 0.05) is 51.3 Å². The van der Waals surface area contributed by atoms with Gasteiger partial charge in [0.2, 0.25) is 0 Å². The molecule has 128 valence electrons. The molecule has 0 aliphatic carbocycles. The van der Waals surface area contributed by atoms with E-state index >= 15 is 0 Å². The molecule has 0 radical (unpaired) electrons. The summed E-state index contributed by atoms with van der Waals surface area (Å²) in [5, 5.41) is 2.72. The van der Waals surface area contributed by atoms with Gasteiger partial charge in [-0.3, -0.25) is 4.99 Å². The van der Waals surface area contributed by atoms with Crippen LogP contribution in [-0.4, -0.2) is 44.7 Å². The van der Waals surface area contributed by atoms with Gasteiger partial charge in [0.25, 0.3) is 0 Å². The summed E-state index contributed by atoms with van der Waals surface area (Å²) in [5.41, 5.74) is -0.693. The molecule has 23 heavy (non-hydrogen) atoms. The maximum absolute atomic E-state index is 13.6. The fraction of sp³-hybridized carbons (Fsp3) is 0.533. The Hall–Kier alpha value is -1.83. The second-order valence-electron chi connectivity index (χ2n) is 5.46. The number of nitrogens with zero attached hydrogens (tertiary/aromatic N) is 2. The molecule has 1 N–H and O–H groups in total. The number of ether oxygens (including phenoxy) is 1. The van der Waals surface area contributed by atoms with Crippen LogP contribution < -0.4 is 5.32 Å². The highest BCUT2D eigenvalue weighted by molar-refractivity contribution is 5.79. The van der Waals surface area contributed by atoms with Gasteiger partial charge in [-0.25, -0.2) is 17.6 Å². The molecule has 1 aromatic rings. The molecule has 1 aliphatic heterocycles. The lowest BCUT2D eigenvalue weighted by Gasteiger charge is -2.24. The molecule has 1 heterocycles. The van der Waals surface area contributed by atoms with Crippen LogP contribution in [0.15, 0.2) is 11.1 Å². The van der Waals surface area contributed by atoms with Gasteiger partial charge in [-0.05, 0) is 6.42 Å². The van der Waals surface area contributed by atoms with Crippen molar-refractivity contribution in [2.75, 3.05) is 33.9 Å². The number of aliphatic imine (C=N–C) groups is 1. The lowest BCUT2D eigenvalue weighted by molar-refractivity contribution is 0.181. The minimum absolute atomic E-state index is 0.190. The Morgan fingerprint density at radius 1 is 1.30 bits per heavy atom. The predicted octanol–water partition coefficient (Wildman–Crippen LogP) is 2.29. The van der Waals surface area contributed by atoms with Gasteiger partial charge in [-0.1, -0.05) is 0 Å². The third kappa shape index (κ3) is 4.13. The number of guanidine groups is 1. The summed E-state index contributed by atoms with van der Waals surface area (Å²) in [6.45, 7) is 1.61. The Labute approximate surface area is 132 Å². The zero-order valence-electron chi connectivity index (χ0n) is 13.0. The maximum Gasteiger partial charge on any atom is 0.193 e. The van der Waals surface area contributed by atoms with Crippen LogP contribution in [0.1, 0.15) is 12.0 Å². The van der Waals surface area contributed by atoms with Crippen molar-refractivity contribution in [1.29, 1.82) is 0 Å². The molecule has 1 saturated heterocycles. The van der Waals surface area contributed by atoms with Crippen molar-refractivity contribution < 1.29 is 22.3 Å². The summed E-state index contributed by atoms with van der Waals surface area (Å²) in [5.74, 6) is -4.93. The van der Waals surface area contributed by atoms with Crippen LogP contribution in [0.25, 0.3) is 0 Å². The van der Waals surface area contributed by atoms with Crippen molar-refractivity contribution in [2.24, 2.45) is 10.9 Å². The zero-order chi connectivity index (χ0) is 17.0. The Morgan fingerprint density at radius 3 is 2.48 bits per heavy atom. The topological polar surface area (TPSA) is 36.9 Å². The fourth-order valence-electron chi connectivity index (χ4n) is 2.53. The molecule has 0 saturated carbocycles. The standard InChI is InChI=1S/C15H19F4N3O/c1-20-15(22(2)7-9-3-4-23-8-9)21-6-10-13(18)11(16)5-12(17)14(10)19/h5,9H,3-4,6-8H2,1-2H3,(H,20,21). The Bertz CT molecular complexity index is 562. The third-order valence-corrected chi connectivity index (χ3v) is 3.76. The van der Waals surface area contributed by atoms with Gasteiger partial charge in [0.1, 0.15) is 0 Å². The molecule has 0 amide bonds. The largest absolute Gasteiger partial charge is 0.381 e. The average molecular weight is 333 g/mol. The van der Waals surface area contributed by atoms with Crippen LogP contribution in [0.2, 0.25) is 0 Å². The van der Waals surface area contributed by atoms with Crippen LogP contribution in [0.5, 0.6) is 0 Å². The smallest absolute Gasteiger partial charge is 0.193 e. The van der Waals surface area contributed by atoms with E-state index in [2.05, 4.69) is 10.3 Å². The zero-order valence-corrected chi connectivity index (χ0v) is 13.0. The van der Waals surface area contributed by atoms with Crippen LogP contribution in [-0.2, 0) is 11.3 Å². The van der Waals surface area contributed by atoms with Gasteiger partial charge in [0.15, 0.2) is 29.2 Å². The molecule has 1 aromatic carbocycles. The van der Waals surface area contributed by atoms with Crippen molar-refractivity contribution >= 4 is 5.96 Å². The van der Waals surface area contributed by atoms with E-state index < -0.39 is 35.4 Å². The van der Waals surface area contributed by atoms with E-state index in [1.54, 1.807) is 11.9 Å². The van der Waals surface area contributed by atoms with Gasteiger partial charge in [-0.2, -0.15) is 0 Å². The summed E-state index contributed by atoms with van der Waals surface area (Å²) in [7, 11) is 3.29. The van der Waals surface area contributed by atoms with Gasteiger partial charge >= 0.3 is 0 Å². The number of nitrogens with one attached hydrogen (secondary N) is 1. The molecule has 1 aliphatic rings. The van der Waals surface area contributed by atoms with E-state index in [0.717, 1.165) is 6.42 Å². The molecule has 8 heteroatoms. The van der Waals surface area contributed by atoms with Crippen LogP contribution >= 0.6 is 0 Å². The predicted molar refractivity (Wildman–Crippen MR) is 78.0 cm³/mol. The summed E-state index contributed by atoms with van der Waals surface area (Å²) in [6, 6.07) is 0.190. The van der Waals surface area contributed by atoms with Gasteiger partial charge in [-0.15, -0.1) is 0 Å². The molecule has 4 nitrogen and oxygen atoms in total. The van der Waals surface area contributed by atoms with E-state index in [1.807, 2.05) is 0 Å². The normalized spacial score (nSPS) is 18.3. The quantitative estimate of drug-likeness (QED) is 0.398. The SMILES string of the molecule is CN=C(NCc1c(F)c(F)cc(F)c1F)N(C)CC1CCOC1.